The molecule has 0 aliphatic carbocycles. The number of hydrogen-bond donors (Lipinski definition) is 2. The summed E-state index contributed by atoms with van der Waals surface area (Å²) < 4.78 is 33.1. The van der Waals surface area contributed by atoms with Gasteiger partial charge in [-0.05, 0) is 44.7 Å². The number of nitrogens with one attached hydrogen (secondary N) is 2. The predicted molar refractivity (Wildman–Crippen MR) is 83.9 cm³/mol. The highest BCUT2D eigenvalue weighted by molar-refractivity contribution is 7.91. The van der Waals surface area contributed by atoms with Gasteiger partial charge in [0.15, 0.2) is 0 Å². The van der Waals surface area contributed by atoms with Gasteiger partial charge < -0.3 is 9.73 Å². The van der Waals surface area contributed by atoms with Crippen LogP contribution in [0.1, 0.15) is 36.3 Å². The molecule has 1 atom stereocenters. The van der Waals surface area contributed by atoms with Crippen LogP contribution in [-0.2, 0) is 16.6 Å². The van der Waals surface area contributed by atoms with Crippen molar-refractivity contribution in [2.75, 3.05) is 6.54 Å². The van der Waals surface area contributed by atoms with Gasteiger partial charge in [0.2, 0.25) is 0 Å². The minimum absolute atomic E-state index is 0.325. The van der Waals surface area contributed by atoms with Crippen LogP contribution >= 0.6 is 11.3 Å². The van der Waals surface area contributed by atoms with Gasteiger partial charge >= 0.3 is 0 Å². The molecule has 2 heterocycles. The van der Waals surface area contributed by atoms with E-state index in [1.165, 1.54) is 11.3 Å². The largest absolute Gasteiger partial charge is 0.465 e. The van der Waals surface area contributed by atoms with E-state index in [1.54, 1.807) is 19.1 Å². The van der Waals surface area contributed by atoms with Gasteiger partial charge in [0.05, 0.1) is 6.04 Å². The van der Waals surface area contributed by atoms with Crippen molar-refractivity contribution in [2.24, 2.45) is 0 Å². The summed E-state index contributed by atoms with van der Waals surface area (Å²) in [6, 6.07) is 6.68. The van der Waals surface area contributed by atoms with E-state index in [-0.39, 0.29) is 0 Å². The molecule has 2 aromatic heterocycles. The van der Waals surface area contributed by atoms with Gasteiger partial charge in [-0.3, -0.25) is 0 Å². The van der Waals surface area contributed by atoms with E-state index in [0.29, 0.717) is 16.5 Å². The van der Waals surface area contributed by atoms with E-state index in [9.17, 15) is 8.42 Å². The molecule has 0 saturated heterocycles. The molecule has 0 radical (unpaired) electrons. The van der Waals surface area contributed by atoms with E-state index < -0.39 is 16.1 Å². The summed E-state index contributed by atoms with van der Waals surface area (Å²) in [6.07, 6.45) is 0. The SMILES string of the molecule is CCNCc1ccc(S(=O)(=O)NC(C)c2ccc(C)o2)s1. The minimum Gasteiger partial charge on any atom is -0.465 e. The van der Waals surface area contributed by atoms with Gasteiger partial charge in [-0.1, -0.05) is 6.92 Å². The molecule has 0 amide bonds. The monoisotopic (exact) mass is 328 g/mol. The van der Waals surface area contributed by atoms with Crippen LogP contribution in [0, 0.1) is 6.92 Å². The molecule has 116 valence electrons. The van der Waals surface area contributed by atoms with E-state index in [1.807, 2.05) is 26.0 Å². The lowest BCUT2D eigenvalue weighted by atomic mass is 10.3. The molecule has 1 unspecified atom stereocenters. The van der Waals surface area contributed by atoms with Crippen molar-refractivity contribution in [3.05, 3.63) is 40.7 Å². The van der Waals surface area contributed by atoms with Crippen molar-refractivity contribution in [1.29, 1.82) is 0 Å². The standard InChI is InChI=1S/C14H20N2O3S2/c1-4-15-9-12-6-8-14(20-12)21(17,18)16-11(3)13-7-5-10(2)19-13/h5-8,11,15-16H,4,9H2,1-3H3. The Morgan fingerprint density at radius 2 is 2.05 bits per heavy atom. The lowest BCUT2D eigenvalue weighted by Gasteiger charge is -2.10. The lowest BCUT2D eigenvalue weighted by Crippen LogP contribution is -2.25. The summed E-state index contributed by atoms with van der Waals surface area (Å²) in [5, 5.41) is 3.18. The highest BCUT2D eigenvalue weighted by Gasteiger charge is 2.21. The van der Waals surface area contributed by atoms with Gasteiger partial charge in [-0.25, -0.2) is 13.1 Å². The number of thiophene rings is 1. The Morgan fingerprint density at radius 3 is 2.67 bits per heavy atom. The molecule has 0 fully saturated rings. The molecular formula is C14H20N2O3S2. The van der Waals surface area contributed by atoms with Crippen molar-refractivity contribution in [3.8, 4) is 0 Å². The van der Waals surface area contributed by atoms with Crippen LogP contribution in [0.4, 0.5) is 0 Å². The molecule has 0 saturated carbocycles. The minimum atomic E-state index is -3.52. The van der Waals surface area contributed by atoms with Crippen molar-refractivity contribution in [3.63, 3.8) is 0 Å². The molecule has 2 aromatic rings. The zero-order valence-electron chi connectivity index (χ0n) is 12.3. The summed E-state index contributed by atoms with van der Waals surface area (Å²) in [7, 11) is -3.52. The third kappa shape index (κ3) is 4.16. The topological polar surface area (TPSA) is 71.3 Å². The summed E-state index contributed by atoms with van der Waals surface area (Å²) in [5.41, 5.74) is 0. The Balaban J connectivity index is 2.09. The Kier molecular flexibility index (Phi) is 5.21. The van der Waals surface area contributed by atoms with Gasteiger partial charge in [-0.2, -0.15) is 0 Å². The Bertz CT molecular complexity index is 689. The third-order valence-corrected chi connectivity index (χ3v) is 6.09. The van der Waals surface area contributed by atoms with E-state index in [4.69, 9.17) is 4.42 Å². The van der Waals surface area contributed by atoms with Crippen molar-refractivity contribution in [2.45, 2.75) is 37.6 Å². The Labute approximate surface area is 129 Å². The molecule has 21 heavy (non-hydrogen) atoms. The zero-order valence-corrected chi connectivity index (χ0v) is 14.0. The first-order valence-corrected chi connectivity index (χ1v) is 9.10. The smallest absolute Gasteiger partial charge is 0.250 e. The molecule has 5 nitrogen and oxygen atoms in total. The van der Waals surface area contributed by atoms with Crippen molar-refractivity contribution >= 4 is 21.4 Å². The quantitative estimate of drug-likeness (QED) is 0.820. The number of sulfonamides is 1. The number of aryl methyl sites for hydroxylation is 1. The number of hydrogen-bond acceptors (Lipinski definition) is 5. The third-order valence-electron chi connectivity index (χ3n) is 2.97. The maximum absolute atomic E-state index is 12.3. The van der Waals surface area contributed by atoms with Crippen LogP contribution in [0.15, 0.2) is 32.9 Å². The summed E-state index contributed by atoms with van der Waals surface area (Å²) in [6.45, 7) is 7.15. The lowest BCUT2D eigenvalue weighted by molar-refractivity contribution is 0.441. The average molecular weight is 328 g/mol. The average Bonchev–Trinajstić information content (AvgIpc) is 3.05. The second-order valence-corrected chi connectivity index (χ2v) is 7.90. The molecule has 2 N–H and O–H groups in total. The molecule has 7 heteroatoms. The second kappa shape index (κ2) is 6.74. The maximum Gasteiger partial charge on any atom is 0.250 e. The molecule has 2 rings (SSSR count). The van der Waals surface area contributed by atoms with Crippen molar-refractivity contribution in [1.82, 2.24) is 10.0 Å². The summed E-state index contributed by atoms with van der Waals surface area (Å²) in [5.74, 6) is 1.38. The predicted octanol–water partition coefficient (Wildman–Crippen LogP) is 2.80. The van der Waals surface area contributed by atoms with Gasteiger partial charge in [-0.15, -0.1) is 11.3 Å². The van der Waals surface area contributed by atoms with Crippen LogP contribution in [-0.4, -0.2) is 15.0 Å². The maximum atomic E-state index is 12.3. The zero-order chi connectivity index (χ0) is 15.5. The second-order valence-electron chi connectivity index (χ2n) is 4.79. The summed E-state index contributed by atoms with van der Waals surface area (Å²) >= 11 is 1.28. The normalized spacial score (nSPS) is 13.5. The first kappa shape index (κ1) is 16.2. The van der Waals surface area contributed by atoms with Crippen LogP contribution in [0.3, 0.4) is 0 Å². The highest BCUT2D eigenvalue weighted by Crippen LogP contribution is 2.24. The number of furan rings is 1. The summed E-state index contributed by atoms with van der Waals surface area (Å²) in [4.78, 5) is 0.999. The molecule has 0 aliphatic heterocycles. The van der Waals surface area contributed by atoms with Crippen LogP contribution in [0.5, 0.6) is 0 Å². The van der Waals surface area contributed by atoms with Gasteiger partial charge in [0.1, 0.15) is 15.7 Å². The fourth-order valence-corrected chi connectivity index (χ4v) is 4.43. The van der Waals surface area contributed by atoms with Crippen LogP contribution in [0.25, 0.3) is 0 Å². The Morgan fingerprint density at radius 1 is 1.29 bits per heavy atom. The highest BCUT2D eigenvalue weighted by atomic mass is 32.2. The molecular weight excluding hydrogens is 308 g/mol. The van der Waals surface area contributed by atoms with Crippen LogP contribution < -0.4 is 10.0 Å². The van der Waals surface area contributed by atoms with Crippen molar-refractivity contribution < 1.29 is 12.8 Å². The molecule has 0 aromatic carbocycles. The van der Waals surface area contributed by atoms with Gasteiger partial charge in [0.25, 0.3) is 10.0 Å². The van der Waals surface area contributed by atoms with E-state index >= 15 is 0 Å². The molecule has 0 bridgehead atoms. The molecule has 0 aliphatic rings. The first-order valence-electron chi connectivity index (χ1n) is 6.80. The number of rotatable bonds is 7. The Hall–Kier alpha value is -1.15. The fraction of sp³-hybridized carbons (Fsp3) is 0.429. The van der Waals surface area contributed by atoms with E-state index in [2.05, 4.69) is 10.0 Å². The fourth-order valence-electron chi connectivity index (χ4n) is 1.88. The van der Waals surface area contributed by atoms with Crippen LogP contribution in [0.2, 0.25) is 0 Å². The van der Waals surface area contributed by atoms with Gasteiger partial charge in [0, 0.05) is 11.4 Å². The first-order chi connectivity index (χ1) is 9.92. The molecule has 0 spiro atoms. The van der Waals surface area contributed by atoms with E-state index in [0.717, 1.165) is 17.2 Å².